The van der Waals surface area contributed by atoms with Crippen molar-refractivity contribution in [1.29, 1.82) is 0 Å². The van der Waals surface area contributed by atoms with Crippen LogP contribution >= 0.6 is 0 Å². The van der Waals surface area contributed by atoms with E-state index in [1.807, 2.05) is 27.9 Å². The monoisotopic (exact) mass is 305 g/mol. The molecule has 0 aliphatic carbocycles. The summed E-state index contributed by atoms with van der Waals surface area (Å²) in [5.41, 5.74) is -0.510. The maximum atomic E-state index is 13.9. The predicted molar refractivity (Wildman–Crippen MR) is 84.2 cm³/mol. The third-order valence-electron chi connectivity index (χ3n) is 4.85. The topological polar surface area (TPSA) is 21.7 Å². The van der Waals surface area contributed by atoms with Crippen molar-refractivity contribution < 1.29 is 13.6 Å². The van der Waals surface area contributed by atoms with Crippen LogP contribution in [0.2, 0.25) is 18.1 Å². The SMILES string of the molecule is C[C@@H]1OC(F)C[C@](C)(O[Si](C)(C)C(C)(C)C)[C@@H]1N(C)C. The van der Waals surface area contributed by atoms with Crippen molar-refractivity contribution in [2.75, 3.05) is 14.1 Å². The molecule has 0 saturated carbocycles. The summed E-state index contributed by atoms with van der Waals surface area (Å²) < 4.78 is 25.9. The van der Waals surface area contributed by atoms with E-state index in [2.05, 4.69) is 38.8 Å². The molecular formula is C15H32FNO2Si. The van der Waals surface area contributed by atoms with E-state index < -0.39 is 20.3 Å². The molecule has 0 aromatic heterocycles. The Morgan fingerprint density at radius 3 is 2.20 bits per heavy atom. The highest BCUT2D eigenvalue weighted by molar-refractivity contribution is 6.74. The van der Waals surface area contributed by atoms with Crippen LogP contribution in [0.25, 0.3) is 0 Å². The van der Waals surface area contributed by atoms with Gasteiger partial charge in [-0.15, -0.1) is 0 Å². The number of nitrogens with zero attached hydrogens (tertiary/aromatic N) is 1. The second kappa shape index (κ2) is 5.67. The lowest BCUT2D eigenvalue weighted by Crippen LogP contribution is -2.64. The number of likely N-dealkylation sites (N-methyl/N-ethyl adjacent to an activating group) is 1. The molecule has 5 heteroatoms. The molecule has 0 aromatic rings. The van der Waals surface area contributed by atoms with Gasteiger partial charge in [0.1, 0.15) is 0 Å². The van der Waals surface area contributed by atoms with E-state index in [1.165, 1.54) is 0 Å². The summed E-state index contributed by atoms with van der Waals surface area (Å²) in [5, 5.41) is 0.111. The maximum Gasteiger partial charge on any atom is 0.201 e. The molecule has 1 heterocycles. The van der Waals surface area contributed by atoms with Crippen LogP contribution in [0.3, 0.4) is 0 Å². The molecule has 1 aliphatic rings. The van der Waals surface area contributed by atoms with Crippen LogP contribution in [0.5, 0.6) is 0 Å². The van der Waals surface area contributed by atoms with Gasteiger partial charge in [-0.1, -0.05) is 20.8 Å². The molecule has 1 unspecified atom stereocenters. The summed E-state index contributed by atoms with van der Waals surface area (Å²) >= 11 is 0. The first-order chi connectivity index (χ1) is 8.80. The molecule has 0 radical (unpaired) electrons. The molecule has 0 aromatic carbocycles. The van der Waals surface area contributed by atoms with Crippen molar-refractivity contribution in [3.8, 4) is 0 Å². The Labute approximate surface area is 124 Å². The molecule has 120 valence electrons. The van der Waals surface area contributed by atoms with Crippen LogP contribution in [0, 0.1) is 0 Å². The zero-order valence-corrected chi connectivity index (χ0v) is 15.6. The summed E-state index contributed by atoms with van der Waals surface area (Å²) in [4.78, 5) is 2.10. The van der Waals surface area contributed by atoms with Gasteiger partial charge in [0.25, 0.3) is 0 Å². The van der Waals surface area contributed by atoms with E-state index in [1.54, 1.807) is 0 Å². The van der Waals surface area contributed by atoms with Gasteiger partial charge < -0.3 is 14.1 Å². The quantitative estimate of drug-likeness (QED) is 0.740. The van der Waals surface area contributed by atoms with Crippen molar-refractivity contribution in [3.05, 3.63) is 0 Å². The summed E-state index contributed by atoms with van der Waals surface area (Å²) in [7, 11) is 2.06. The summed E-state index contributed by atoms with van der Waals surface area (Å²) in [6.07, 6.45) is -1.12. The number of ether oxygens (including phenoxy) is 1. The van der Waals surface area contributed by atoms with Crippen LogP contribution < -0.4 is 0 Å². The highest BCUT2D eigenvalue weighted by Crippen LogP contribution is 2.44. The van der Waals surface area contributed by atoms with Gasteiger partial charge >= 0.3 is 0 Å². The summed E-state index contributed by atoms with van der Waals surface area (Å²) in [6, 6.07) is 0.0589. The Morgan fingerprint density at radius 2 is 1.80 bits per heavy atom. The molecule has 1 saturated heterocycles. The number of halogens is 1. The molecule has 0 bridgehead atoms. The molecule has 3 nitrogen and oxygen atoms in total. The fourth-order valence-corrected chi connectivity index (χ4v) is 4.77. The predicted octanol–water partition coefficient (Wildman–Crippen LogP) is 3.80. The van der Waals surface area contributed by atoms with Gasteiger partial charge in [0.2, 0.25) is 6.36 Å². The lowest BCUT2D eigenvalue weighted by Gasteiger charge is -2.53. The minimum atomic E-state index is -1.96. The Balaban J connectivity index is 3.08. The first-order valence-corrected chi connectivity index (χ1v) is 10.4. The van der Waals surface area contributed by atoms with Gasteiger partial charge in [-0.2, -0.15) is 0 Å². The Kier molecular flexibility index (Phi) is 5.12. The third-order valence-corrected chi connectivity index (χ3v) is 9.44. The van der Waals surface area contributed by atoms with Crippen molar-refractivity contribution in [1.82, 2.24) is 4.90 Å². The van der Waals surface area contributed by atoms with Crippen LogP contribution in [-0.4, -0.2) is 51.4 Å². The van der Waals surface area contributed by atoms with Gasteiger partial charge in [-0.05, 0) is 46.1 Å². The van der Waals surface area contributed by atoms with Crippen LogP contribution in [-0.2, 0) is 9.16 Å². The average Bonchev–Trinajstić information content (AvgIpc) is 2.09. The molecule has 1 rings (SSSR count). The molecule has 0 spiro atoms. The van der Waals surface area contributed by atoms with Gasteiger partial charge in [-0.3, -0.25) is 0 Å². The fourth-order valence-electron chi connectivity index (χ4n) is 3.10. The van der Waals surface area contributed by atoms with E-state index in [9.17, 15) is 4.39 Å². The second-order valence-corrected chi connectivity index (χ2v) is 12.8. The first-order valence-electron chi connectivity index (χ1n) is 7.46. The van der Waals surface area contributed by atoms with Crippen molar-refractivity contribution in [3.63, 3.8) is 0 Å². The van der Waals surface area contributed by atoms with Crippen LogP contribution in [0.4, 0.5) is 4.39 Å². The number of rotatable bonds is 3. The number of hydrogen-bond acceptors (Lipinski definition) is 3. The van der Waals surface area contributed by atoms with E-state index >= 15 is 0 Å². The van der Waals surface area contributed by atoms with E-state index in [4.69, 9.17) is 9.16 Å². The minimum absolute atomic E-state index is 0.0589. The van der Waals surface area contributed by atoms with E-state index in [-0.39, 0.29) is 17.2 Å². The zero-order chi connectivity index (χ0) is 15.9. The van der Waals surface area contributed by atoms with Gasteiger partial charge in [0.05, 0.1) is 17.7 Å². The minimum Gasteiger partial charge on any atom is -0.410 e. The molecule has 0 amide bonds. The van der Waals surface area contributed by atoms with Crippen LogP contribution in [0.15, 0.2) is 0 Å². The maximum absolute atomic E-state index is 13.9. The third kappa shape index (κ3) is 3.61. The lowest BCUT2D eigenvalue weighted by atomic mass is 9.86. The van der Waals surface area contributed by atoms with Gasteiger partial charge in [0.15, 0.2) is 8.32 Å². The van der Waals surface area contributed by atoms with E-state index in [0.29, 0.717) is 6.42 Å². The zero-order valence-electron chi connectivity index (χ0n) is 14.6. The van der Waals surface area contributed by atoms with Gasteiger partial charge in [0, 0.05) is 6.42 Å². The van der Waals surface area contributed by atoms with Crippen LogP contribution in [0.1, 0.15) is 41.0 Å². The standard InChI is InChI=1S/C15H32FNO2Si/c1-11-13(17(6)7)15(5,10-12(16)18-11)19-20(8,9)14(2,3)4/h11-13H,10H2,1-9H3/t11-,12?,13+,15-/m0/s1. The molecule has 20 heavy (non-hydrogen) atoms. The van der Waals surface area contributed by atoms with Crippen molar-refractivity contribution in [2.45, 2.75) is 83.3 Å². The fraction of sp³-hybridized carbons (Fsp3) is 1.00. The molecular weight excluding hydrogens is 273 g/mol. The number of hydrogen-bond donors (Lipinski definition) is 0. The molecule has 4 atom stereocenters. The molecule has 1 aliphatic heterocycles. The first kappa shape index (κ1) is 18.1. The van der Waals surface area contributed by atoms with E-state index in [0.717, 1.165) is 0 Å². The summed E-state index contributed by atoms with van der Waals surface area (Å²) in [6.45, 7) is 15.1. The average molecular weight is 306 g/mol. The Morgan fingerprint density at radius 1 is 1.30 bits per heavy atom. The normalized spacial score (nSPS) is 36.5. The Hall–Kier alpha value is 0.0269. The van der Waals surface area contributed by atoms with Crippen molar-refractivity contribution >= 4 is 8.32 Å². The number of alkyl halides is 1. The highest BCUT2D eigenvalue weighted by atomic mass is 28.4. The largest absolute Gasteiger partial charge is 0.410 e. The van der Waals surface area contributed by atoms with Crippen molar-refractivity contribution in [2.24, 2.45) is 0 Å². The second-order valence-electron chi connectivity index (χ2n) is 8.04. The highest BCUT2D eigenvalue weighted by Gasteiger charge is 2.52. The smallest absolute Gasteiger partial charge is 0.201 e. The summed E-state index contributed by atoms with van der Waals surface area (Å²) in [5.74, 6) is 0. The molecule has 1 fully saturated rings. The Bertz CT molecular complexity index is 343. The lowest BCUT2D eigenvalue weighted by molar-refractivity contribution is -0.206. The molecule has 0 N–H and O–H groups in total. The van der Waals surface area contributed by atoms with Gasteiger partial charge in [-0.25, -0.2) is 4.39 Å².